The van der Waals surface area contributed by atoms with E-state index in [9.17, 15) is 14.4 Å². The monoisotopic (exact) mass is 417 g/mol. The average molecular weight is 417 g/mol. The molecule has 5 rings (SSSR count). The molecule has 0 radical (unpaired) electrons. The lowest BCUT2D eigenvalue weighted by Crippen LogP contribution is -2.44. The molecule has 3 aromatic rings. The van der Waals surface area contributed by atoms with Gasteiger partial charge in [-0.15, -0.1) is 0 Å². The molecule has 0 saturated carbocycles. The van der Waals surface area contributed by atoms with Gasteiger partial charge in [-0.2, -0.15) is 0 Å². The number of carbonyl (C=O) groups excluding carboxylic acids is 2. The lowest BCUT2D eigenvalue weighted by atomic mass is 9.74. The number of rotatable bonds is 3. The van der Waals surface area contributed by atoms with Crippen molar-refractivity contribution >= 4 is 17.5 Å². The predicted molar refractivity (Wildman–Crippen MR) is 115 cm³/mol. The Bertz CT molecular complexity index is 1260. The van der Waals surface area contributed by atoms with Crippen LogP contribution < -0.4 is 10.9 Å². The number of aromatic nitrogens is 3. The van der Waals surface area contributed by atoms with Gasteiger partial charge in [0.25, 0.3) is 5.91 Å². The van der Waals surface area contributed by atoms with Gasteiger partial charge in [0.2, 0.25) is 11.5 Å². The summed E-state index contributed by atoms with van der Waals surface area (Å²) in [5.41, 5.74) is 1.55. The first-order valence-corrected chi connectivity index (χ1v) is 10.4. The van der Waals surface area contributed by atoms with Gasteiger partial charge in [0, 0.05) is 43.4 Å². The molecule has 0 unspecified atom stereocenters. The molecule has 2 N–H and O–H groups in total. The molecule has 8 heteroatoms. The van der Waals surface area contributed by atoms with Crippen molar-refractivity contribution in [3.8, 4) is 0 Å². The van der Waals surface area contributed by atoms with Crippen LogP contribution in [0.4, 0.5) is 5.69 Å². The number of carbonyl (C=O) groups is 2. The molecule has 4 heterocycles. The summed E-state index contributed by atoms with van der Waals surface area (Å²) in [7, 11) is 1.87. The second-order valence-corrected chi connectivity index (χ2v) is 8.09. The van der Waals surface area contributed by atoms with Gasteiger partial charge in [0.05, 0.1) is 5.56 Å². The number of fused-ring (bicyclic) bond motifs is 2. The predicted octanol–water partition coefficient (Wildman–Crippen LogP) is 2.15. The molecule has 0 aliphatic carbocycles. The summed E-state index contributed by atoms with van der Waals surface area (Å²) in [6.45, 7) is 2.30. The van der Waals surface area contributed by atoms with E-state index in [4.69, 9.17) is 0 Å². The Morgan fingerprint density at radius 1 is 1.23 bits per heavy atom. The van der Waals surface area contributed by atoms with Crippen molar-refractivity contribution in [2.75, 3.05) is 11.9 Å². The van der Waals surface area contributed by atoms with Gasteiger partial charge >= 0.3 is 0 Å². The van der Waals surface area contributed by atoms with E-state index in [0.717, 1.165) is 11.3 Å². The van der Waals surface area contributed by atoms with Crippen LogP contribution in [0.5, 0.6) is 0 Å². The van der Waals surface area contributed by atoms with Gasteiger partial charge in [0.15, 0.2) is 0 Å². The summed E-state index contributed by atoms with van der Waals surface area (Å²) in [5.74, 6) is 0.324. The third-order valence-electron chi connectivity index (χ3n) is 6.53. The van der Waals surface area contributed by atoms with Crippen LogP contribution in [0.3, 0.4) is 0 Å². The van der Waals surface area contributed by atoms with Crippen molar-refractivity contribution < 1.29 is 9.59 Å². The summed E-state index contributed by atoms with van der Waals surface area (Å²) in [4.78, 5) is 48.0. The minimum Gasteiger partial charge on any atom is -0.336 e. The van der Waals surface area contributed by atoms with E-state index >= 15 is 0 Å². The Labute approximate surface area is 178 Å². The van der Waals surface area contributed by atoms with E-state index in [2.05, 4.69) is 15.3 Å². The lowest BCUT2D eigenvalue weighted by Gasteiger charge is -2.33. The van der Waals surface area contributed by atoms with Gasteiger partial charge in [-0.05, 0) is 30.5 Å². The highest BCUT2D eigenvalue weighted by molar-refractivity contribution is 6.08. The van der Waals surface area contributed by atoms with Crippen LogP contribution in [0.2, 0.25) is 0 Å². The molecule has 2 aliphatic rings. The number of aromatic amines is 1. The Hall–Kier alpha value is -3.68. The highest BCUT2D eigenvalue weighted by Gasteiger charge is 2.60. The summed E-state index contributed by atoms with van der Waals surface area (Å²) < 4.78 is 1.86. The minimum absolute atomic E-state index is 0.116. The maximum atomic E-state index is 13.7. The SMILES string of the molecule is CCc1[nH]c(=O)ccc1C(=O)N1CC[C@]2(C(=O)Nc3ccccc32)[C@@H]1c1nccn1C. The maximum absolute atomic E-state index is 13.7. The van der Waals surface area contributed by atoms with Crippen LogP contribution in [-0.2, 0) is 23.7 Å². The van der Waals surface area contributed by atoms with Crippen LogP contribution in [0, 0.1) is 0 Å². The number of hydrogen-bond donors (Lipinski definition) is 2. The zero-order valence-electron chi connectivity index (χ0n) is 17.4. The number of amides is 2. The third kappa shape index (κ3) is 2.67. The first-order valence-electron chi connectivity index (χ1n) is 10.4. The van der Waals surface area contributed by atoms with E-state index in [1.54, 1.807) is 17.2 Å². The number of nitrogens with one attached hydrogen (secondary N) is 2. The summed E-state index contributed by atoms with van der Waals surface area (Å²) in [6, 6.07) is 10.0. The lowest BCUT2D eigenvalue weighted by molar-refractivity contribution is -0.121. The molecule has 1 aromatic carbocycles. The van der Waals surface area contributed by atoms with Crippen molar-refractivity contribution in [3.05, 3.63) is 81.8 Å². The molecular weight excluding hydrogens is 394 g/mol. The number of nitrogens with zero attached hydrogens (tertiary/aromatic N) is 3. The van der Waals surface area contributed by atoms with Gasteiger partial charge in [-0.1, -0.05) is 25.1 Å². The molecule has 1 saturated heterocycles. The van der Waals surface area contributed by atoms with Crippen molar-refractivity contribution in [3.63, 3.8) is 0 Å². The van der Waals surface area contributed by atoms with Gasteiger partial charge in [0.1, 0.15) is 17.3 Å². The Kier molecular flexibility index (Phi) is 4.32. The van der Waals surface area contributed by atoms with E-state index in [1.165, 1.54) is 6.07 Å². The smallest absolute Gasteiger partial charge is 0.256 e. The Morgan fingerprint density at radius 2 is 2.03 bits per heavy atom. The number of para-hydroxylation sites is 1. The number of likely N-dealkylation sites (tertiary alicyclic amines) is 1. The highest BCUT2D eigenvalue weighted by atomic mass is 16.2. The van der Waals surface area contributed by atoms with Crippen LogP contribution in [0.15, 0.2) is 53.6 Å². The minimum atomic E-state index is -0.917. The molecule has 2 atom stereocenters. The second kappa shape index (κ2) is 6.94. The number of H-pyrrole nitrogens is 1. The third-order valence-corrected chi connectivity index (χ3v) is 6.53. The summed E-state index contributed by atoms with van der Waals surface area (Å²) in [6.07, 6.45) is 4.51. The van der Waals surface area contributed by atoms with Gasteiger partial charge in [-0.3, -0.25) is 14.4 Å². The number of hydrogen-bond acceptors (Lipinski definition) is 4. The first kappa shape index (κ1) is 19.3. The maximum Gasteiger partial charge on any atom is 0.256 e. The van der Waals surface area contributed by atoms with E-state index in [1.807, 2.05) is 49.0 Å². The Balaban J connectivity index is 1.68. The van der Waals surface area contributed by atoms with Crippen LogP contribution >= 0.6 is 0 Å². The fourth-order valence-corrected chi connectivity index (χ4v) is 5.06. The molecule has 2 amide bonds. The molecule has 2 aliphatic heterocycles. The Morgan fingerprint density at radius 3 is 2.77 bits per heavy atom. The zero-order valence-corrected chi connectivity index (χ0v) is 17.4. The fraction of sp³-hybridized carbons (Fsp3) is 0.304. The van der Waals surface area contributed by atoms with Crippen molar-refractivity contribution in [2.24, 2.45) is 7.05 Å². The highest BCUT2D eigenvalue weighted by Crippen LogP contribution is 2.54. The molecule has 2 aromatic heterocycles. The number of imidazole rings is 1. The largest absolute Gasteiger partial charge is 0.336 e. The van der Waals surface area contributed by atoms with Gasteiger partial charge in [-0.25, -0.2) is 4.98 Å². The average Bonchev–Trinajstić information content (AvgIpc) is 3.44. The first-order chi connectivity index (χ1) is 15.0. The summed E-state index contributed by atoms with van der Waals surface area (Å²) >= 11 is 0. The topological polar surface area (TPSA) is 100 Å². The van der Waals surface area contributed by atoms with E-state index in [0.29, 0.717) is 36.5 Å². The molecule has 8 nitrogen and oxygen atoms in total. The van der Waals surface area contributed by atoms with Crippen molar-refractivity contribution in [2.45, 2.75) is 31.2 Å². The normalized spacial score (nSPS) is 22.1. The van der Waals surface area contributed by atoms with Crippen LogP contribution in [0.25, 0.3) is 0 Å². The standard InChI is InChI=1S/C23H23N5O3/c1-3-16-14(8-9-18(29)25-16)21(30)28-12-10-23(19(28)20-24-11-13-27(20)2)15-6-4-5-7-17(15)26-22(23)31/h4-9,11,13,19H,3,10,12H2,1-2H3,(H,25,29)(H,26,31)/t19-,23+/m0/s1. The molecular formula is C23H23N5O3. The van der Waals surface area contributed by atoms with Crippen LogP contribution in [-0.4, -0.2) is 37.8 Å². The van der Waals surface area contributed by atoms with Gasteiger partial charge < -0.3 is 19.8 Å². The number of benzene rings is 1. The van der Waals surface area contributed by atoms with E-state index < -0.39 is 11.5 Å². The molecule has 1 spiro atoms. The summed E-state index contributed by atoms with van der Waals surface area (Å²) in [5, 5.41) is 3.01. The number of aryl methyl sites for hydroxylation is 2. The van der Waals surface area contributed by atoms with Crippen LogP contribution in [0.1, 0.15) is 46.8 Å². The quantitative estimate of drug-likeness (QED) is 0.682. The molecule has 1 fully saturated rings. The molecule has 158 valence electrons. The number of anilines is 1. The fourth-order valence-electron chi connectivity index (χ4n) is 5.06. The zero-order chi connectivity index (χ0) is 21.8. The van der Waals surface area contributed by atoms with E-state index in [-0.39, 0.29) is 17.4 Å². The second-order valence-electron chi connectivity index (χ2n) is 8.09. The van der Waals surface area contributed by atoms with Crippen molar-refractivity contribution in [1.82, 2.24) is 19.4 Å². The number of pyridine rings is 1. The molecule has 0 bridgehead atoms. The van der Waals surface area contributed by atoms with Crippen molar-refractivity contribution in [1.29, 1.82) is 0 Å². The molecule has 31 heavy (non-hydrogen) atoms.